The molecule has 0 saturated carbocycles. The molecular weight excluding hydrogens is 206 g/mol. The van der Waals surface area contributed by atoms with Gasteiger partial charge in [-0.15, -0.1) is 0 Å². The summed E-state index contributed by atoms with van der Waals surface area (Å²) >= 11 is 5.78. The number of carbonyl (C=O) groups excluding carboxylic acids is 1. The highest BCUT2D eigenvalue weighted by atomic mass is 35.5. The highest BCUT2D eigenvalue weighted by Gasteiger charge is 2.12. The van der Waals surface area contributed by atoms with Crippen LogP contribution in [0.2, 0.25) is 5.02 Å². The maximum absolute atomic E-state index is 11.3. The first kappa shape index (κ1) is 10.8. The largest absolute Gasteiger partial charge is 0.460 e. The van der Waals surface area contributed by atoms with Gasteiger partial charge < -0.3 is 15.6 Å². The van der Waals surface area contributed by atoms with E-state index in [1.165, 1.54) is 6.07 Å². The van der Waals surface area contributed by atoms with Gasteiger partial charge in [0.1, 0.15) is 6.61 Å². The van der Waals surface area contributed by atoms with Crippen molar-refractivity contribution in [2.24, 2.45) is 0 Å². The minimum atomic E-state index is -0.587. The van der Waals surface area contributed by atoms with Crippen molar-refractivity contribution in [2.45, 2.75) is 0 Å². The Kier molecular flexibility index (Phi) is 3.73. The second-order valence-corrected chi connectivity index (χ2v) is 2.95. The predicted octanol–water partition coefficient (Wildman–Crippen LogP) is 1.07. The Bertz CT molecular complexity index is 341. The molecule has 0 heterocycles. The van der Waals surface area contributed by atoms with Crippen LogP contribution in [0.15, 0.2) is 18.2 Å². The summed E-state index contributed by atoms with van der Waals surface area (Å²) in [5.41, 5.74) is 6.03. The molecule has 14 heavy (non-hydrogen) atoms. The molecule has 0 saturated heterocycles. The first-order valence-electron chi connectivity index (χ1n) is 3.98. The van der Waals surface area contributed by atoms with Crippen molar-refractivity contribution in [1.82, 2.24) is 0 Å². The number of carbonyl (C=O) groups is 1. The number of rotatable bonds is 3. The quantitative estimate of drug-likeness (QED) is 0.585. The van der Waals surface area contributed by atoms with E-state index >= 15 is 0 Å². The number of hydrogen-bond acceptors (Lipinski definition) is 4. The molecule has 0 aliphatic rings. The smallest absolute Gasteiger partial charge is 0.339 e. The van der Waals surface area contributed by atoms with E-state index < -0.39 is 5.97 Å². The molecule has 0 unspecified atom stereocenters. The summed E-state index contributed by atoms with van der Waals surface area (Å²) in [5.74, 6) is -0.587. The van der Waals surface area contributed by atoms with Crippen LogP contribution < -0.4 is 5.73 Å². The lowest BCUT2D eigenvalue weighted by Gasteiger charge is -2.05. The Hall–Kier alpha value is -1.26. The van der Waals surface area contributed by atoms with Crippen LogP contribution in [0.5, 0.6) is 0 Å². The van der Waals surface area contributed by atoms with Gasteiger partial charge in [0.15, 0.2) is 0 Å². The van der Waals surface area contributed by atoms with Crippen LogP contribution in [0, 0.1) is 0 Å². The van der Waals surface area contributed by atoms with Crippen molar-refractivity contribution in [2.75, 3.05) is 18.9 Å². The monoisotopic (exact) mass is 215 g/mol. The van der Waals surface area contributed by atoms with Gasteiger partial charge in [-0.2, -0.15) is 0 Å². The van der Waals surface area contributed by atoms with Gasteiger partial charge in [0, 0.05) is 0 Å². The standard InChI is InChI=1S/C9H10ClNO3/c10-8-6(2-1-3-7(8)11)9(13)14-5-4-12/h1-3,12H,4-5,11H2. The maximum atomic E-state index is 11.3. The van der Waals surface area contributed by atoms with Gasteiger partial charge in [-0.05, 0) is 12.1 Å². The molecule has 76 valence electrons. The third-order valence-corrected chi connectivity index (χ3v) is 1.99. The second kappa shape index (κ2) is 4.83. The van der Waals surface area contributed by atoms with Gasteiger partial charge in [-0.3, -0.25) is 0 Å². The molecule has 0 amide bonds. The average Bonchev–Trinajstić information content (AvgIpc) is 2.18. The van der Waals surface area contributed by atoms with Crippen molar-refractivity contribution < 1.29 is 14.6 Å². The zero-order valence-corrected chi connectivity index (χ0v) is 8.12. The van der Waals surface area contributed by atoms with E-state index in [0.717, 1.165) is 0 Å². The Morgan fingerprint density at radius 1 is 1.57 bits per heavy atom. The highest BCUT2D eigenvalue weighted by Crippen LogP contribution is 2.23. The average molecular weight is 216 g/mol. The Morgan fingerprint density at radius 2 is 2.29 bits per heavy atom. The van der Waals surface area contributed by atoms with E-state index in [4.69, 9.17) is 22.4 Å². The van der Waals surface area contributed by atoms with E-state index in [1.54, 1.807) is 12.1 Å². The van der Waals surface area contributed by atoms with Crippen molar-refractivity contribution in [3.63, 3.8) is 0 Å². The van der Waals surface area contributed by atoms with E-state index in [1.807, 2.05) is 0 Å². The van der Waals surface area contributed by atoms with Crippen molar-refractivity contribution in [3.05, 3.63) is 28.8 Å². The third kappa shape index (κ3) is 2.37. The van der Waals surface area contributed by atoms with Gasteiger partial charge >= 0.3 is 5.97 Å². The summed E-state index contributed by atoms with van der Waals surface area (Å²) < 4.78 is 4.68. The van der Waals surface area contributed by atoms with Gasteiger partial charge in [0.2, 0.25) is 0 Å². The van der Waals surface area contributed by atoms with Crippen LogP contribution in [0.25, 0.3) is 0 Å². The number of halogens is 1. The molecule has 0 aliphatic heterocycles. The van der Waals surface area contributed by atoms with Crippen LogP contribution in [0.4, 0.5) is 5.69 Å². The fraction of sp³-hybridized carbons (Fsp3) is 0.222. The predicted molar refractivity (Wildman–Crippen MR) is 53.2 cm³/mol. The number of nitrogens with two attached hydrogens (primary N) is 1. The van der Waals surface area contributed by atoms with E-state index in [-0.39, 0.29) is 23.8 Å². The van der Waals surface area contributed by atoms with Crippen molar-refractivity contribution in [1.29, 1.82) is 0 Å². The Morgan fingerprint density at radius 3 is 2.93 bits per heavy atom. The van der Waals surface area contributed by atoms with E-state index in [9.17, 15) is 4.79 Å². The fourth-order valence-corrected chi connectivity index (χ4v) is 1.13. The number of esters is 1. The van der Waals surface area contributed by atoms with Crippen molar-refractivity contribution >= 4 is 23.3 Å². The zero-order valence-electron chi connectivity index (χ0n) is 7.37. The highest BCUT2D eigenvalue weighted by molar-refractivity contribution is 6.36. The SMILES string of the molecule is Nc1cccc(C(=O)OCCO)c1Cl. The first-order chi connectivity index (χ1) is 6.66. The normalized spacial score (nSPS) is 9.86. The Labute approximate surface area is 86.2 Å². The third-order valence-electron chi connectivity index (χ3n) is 1.57. The molecule has 0 aromatic heterocycles. The summed E-state index contributed by atoms with van der Waals surface area (Å²) in [6, 6.07) is 4.71. The molecule has 4 nitrogen and oxygen atoms in total. The molecule has 3 N–H and O–H groups in total. The number of hydrogen-bond donors (Lipinski definition) is 2. The lowest BCUT2D eigenvalue weighted by atomic mass is 10.2. The molecule has 0 radical (unpaired) electrons. The number of anilines is 1. The summed E-state index contributed by atoms with van der Waals surface area (Å²) in [4.78, 5) is 11.3. The van der Waals surface area contributed by atoms with Crippen LogP contribution in [-0.2, 0) is 4.74 Å². The van der Waals surface area contributed by atoms with Crippen LogP contribution >= 0.6 is 11.6 Å². The van der Waals surface area contributed by atoms with Crippen LogP contribution in [0.3, 0.4) is 0 Å². The molecule has 1 aromatic carbocycles. The lowest BCUT2D eigenvalue weighted by Crippen LogP contribution is -2.09. The van der Waals surface area contributed by atoms with Gasteiger partial charge in [-0.25, -0.2) is 4.79 Å². The summed E-state index contributed by atoms with van der Waals surface area (Å²) in [5, 5.41) is 8.63. The second-order valence-electron chi connectivity index (χ2n) is 2.57. The number of benzene rings is 1. The minimum absolute atomic E-state index is 0.0516. The lowest BCUT2D eigenvalue weighted by molar-refractivity contribution is 0.0434. The summed E-state index contributed by atoms with van der Waals surface area (Å²) in [7, 11) is 0. The molecular formula is C9H10ClNO3. The molecule has 0 atom stereocenters. The van der Waals surface area contributed by atoms with Crippen LogP contribution in [-0.4, -0.2) is 24.3 Å². The number of ether oxygens (including phenoxy) is 1. The fourth-order valence-electron chi connectivity index (χ4n) is 0.924. The number of aliphatic hydroxyl groups excluding tert-OH is 1. The molecule has 0 bridgehead atoms. The minimum Gasteiger partial charge on any atom is -0.460 e. The topological polar surface area (TPSA) is 72.6 Å². The molecule has 1 rings (SSSR count). The van der Waals surface area contributed by atoms with Gasteiger partial charge in [-0.1, -0.05) is 17.7 Å². The molecule has 0 fully saturated rings. The van der Waals surface area contributed by atoms with Crippen molar-refractivity contribution in [3.8, 4) is 0 Å². The van der Waals surface area contributed by atoms with E-state index in [2.05, 4.69) is 4.74 Å². The summed E-state index contributed by atoms with van der Waals surface area (Å²) in [6.07, 6.45) is 0. The zero-order chi connectivity index (χ0) is 10.6. The van der Waals surface area contributed by atoms with Gasteiger partial charge in [0.05, 0.1) is 22.9 Å². The Balaban J connectivity index is 2.84. The van der Waals surface area contributed by atoms with Crippen LogP contribution in [0.1, 0.15) is 10.4 Å². The summed E-state index contributed by atoms with van der Waals surface area (Å²) in [6.45, 7) is -0.268. The maximum Gasteiger partial charge on any atom is 0.339 e. The first-order valence-corrected chi connectivity index (χ1v) is 4.36. The number of nitrogen functional groups attached to an aromatic ring is 1. The van der Waals surface area contributed by atoms with Gasteiger partial charge in [0.25, 0.3) is 0 Å². The molecule has 1 aromatic rings. The molecule has 0 spiro atoms. The molecule has 5 heteroatoms. The van der Waals surface area contributed by atoms with E-state index in [0.29, 0.717) is 5.69 Å². The molecule has 0 aliphatic carbocycles. The number of aliphatic hydroxyl groups is 1.